The average molecular weight is 214 g/mol. The van der Waals surface area contributed by atoms with Crippen molar-refractivity contribution in [2.75, 3.05) is 33.4 Å². The molecule has 1 aliphatic rings. The molecule has 2 N–H and O–H groups in total. The smallest absolute Gasteiger partial charge is 0.233 e. The number of hydrogen-bond donors (Lipinski definition) is 2. The Kier molecular flexibility index (Phi) is 6.36. The fraction of sp³-hybridized carbons (Fsp3) is 0.909. The van der Waals surface area contributed by atoms with Crippen LogP contribution in [0.2, 0.25) is 0 Å². The van der Waals surface area contributed by atoms with Gasteiger partial charge in [-0.1, -0.05) is 0 Å². The number of hydrogen-bond acceptors (Lipinski definition) is 3. The zero-order chi connectivity index (χ0) is 10.9. The highest BCUT2D eigenvalue weighted by atomic mass is 16.5. The molecule has 0 spiro atoms. The van der Waals surface area contributed by atoms with Crippen LogP contribution in [-0.4, -0.2) is 39.3 Å². The standard InChI is InChI=1S/C11H22N2O2/c1-15-7-3-2-6-12-9-11(14)13-8-10-4-5-10/h10,12H,2-9H2,1H3,(H,13,14). The Bertz CT molecular complexity index is 181. The maximum absolute atomic E-state index is 11.3. The summed E-state index contributed by atoms with van der Waals surface area (Å²) in [5.41, 5.74) is 0. The Morgan fingerprint density at radius 3 is 2.87 bits per heavy atom. The van der Waals surface area contributed by atoms with Gasteiger partial charge in [0.1, 0.15) is 0 Å². The number of methoxy groups -OCH3 is 1. The first kappa shape index (κ1) is 12.5. The van der Waals surface area contributed by atoms with Crippen LogP contribution in [0.4, 0.5) is 0 Å². The van der Waals surface area contributed by atoms with E-state index in [1.807, 2.05) is 0 Å². The Balaban J connectivity index is 1.79. The zero-order valence-corrected chi connectivity index (χ0v) is 9.55. The lowest BCUT2D eigenvalue weighted by atomic mass is 10.3. The highest BCUT2D eigenvalue weighted by Gasteiger charge is 2.21. The number of carbonyl (C=O) groups is 1. The molecule has 0 aromatic carbocycles. The second-order valence-corrected chi connectivity index (χ2v) is 4.12. The summed E-state index contributed by atoms with van der Waals surface area (Å²) >= 11 is 0. The van der Waals surface area contributed by atoms with Gasteiger partial charge in [0, 0.05) is 20.3 Å². The van der Waals surface area contributed by atoms with Gasteiger partial charge in [-0.3, -0.25) is 4.79 Å². The normalized spacial score (nSPS) is 15.3. The molecule has 0 aromatic heterocycles. The van der Waals surface area contributed by atoms with Gasteiger partial charge in [-0.05, 0) is 38.1 Å². The maximum Gasteiger partial charge on any atom is 0.233 e. The van der Waals surface area contributed by atoms with E-state index in [2.05, 4.69) is 10.6 Å². The lowest BCUT2D eigenvalue weighted by Gasteiger charge is -2.05. The summed E-state index contributed by atoms with van der Waals surface area (Å²) in [4.78, 5) is 11.3. The van der Waals surface area contributed by atoms with E-state index in [1.165, 1.54) is 12.8 Å². The Morgan fingerprint density at radius 2 is 2.20 bits per heavy atom. The van der Waals surface area contributed by atoms with Crippen LogP contribution in [0.1, 0.15) is 25.7 Å². The quantitative estimate of drug-likeness (QED) is 0.550. The molecule has 0 radical (unpaired) electrons. The highest BCUT2D eigenvalue weighted by molar-refractivity contribution is 5.77. The lowest BCUT2D eigenvalue weighted by molar-refractivity contribution is -0.120. The summed E-state index contributed by atoms with van der Waals surface area (Å²) in [6, 6.07) is 0. The Hall–Kier alpha value is -0.610. The van der Waals surface area contributed by atoms with Gasteiger partial charge in [0.25, 0.3) is 0 Å². The van der Waals surface area contributed by atoms with Gasteiger partial charge < -0.3 is 15.4 Å². The SMILES string of the molecule is COCCCCNCC(=O)NCC1CC1. The fourth-order valence-corrected chi connectivity index (χ4v) is 1.34. The molecule has 0 aliphatic heterocycles. The van der Waals surface area contributed by atoms with Crippen LogP contribution in [0.15, 0.2) is 0 Å². The summed E-state index contributed by atoms with van der Waals surface area (Å²) in [7, 11) is 1.71. The minimum absolute atomic E-state index is 0.119. The highest BCUT2D eigenvalue weighted by Crippen LogP contribution is 2.27. The molecule has 0 bridgehead atoms. The van der Waals surface area contributed by atoms with Crippen LogP contribution < -0.4 is 10.6 Å². The summed E-state index contributed by atoms with van der Waals surface area (Å²) in [5, 5.41) is 6.04. The van der Waals surface area contributed by atoms with E-state index >= 15 is 0 Å². The molecule has 1 aliphatic carbocycles. The number of carbonyl (C=O) groups excluding carboxylic acids is 1. The molecular weight excluding hydrogens is 192 g/mol. The summed E-state index contributed by atoms with van der Waals surface area (Å²) in [6.45, 7) is 3.00. The average Bonchev–Trinajstić information content (AvgIpc) is 3.04. The van der Waals surface area contributed by atoms with Gasteiger partial charge in [-0.2, -0.15) is 0 Å². The molecule has 1 saturated carbocycles. The minimum Gasteiger partial charge on any atom is -0.385 e. The van der Waals surface area contributed by atoms with Crippen LogP contribution in [0.5, 0.6) is 0 Å². The Morgan fingerprint density at radius 1 is 1.40 bits per heavy atom. The zero-order valence-electron chi connectivity index (χ0n) is 9.55. The number of rotatable bonds is 9. The van der Waals surface area contributed by atoms with Crippen molar-refractivity contribution >= 4 is 5.91 Å². The predicted octanol–water partition coefficient (Wildman–Crippen LogP) is 0.529. The van der Waals surface area contributed by atoms with Gasteiger partial charge in [0.15, 0.2) is 0 Å². The van der Waals surface area contributed by atoms with E-state index in [1.54, 1.807) is 7.11 Å². The summed E-state index contributed by atoms with van der Waals surface area (Å²) in [5.74, 6) is 0.879. The topological polar surface area (TPSA) is 50.4 Å². The first-order valence-corrected chi connectivity index (χ1v) is 5.79. The first-order valence-electron chi connectivity index (χ1n) is 5.79. The van der Waals surface area contributed by atoms with Crippen molar-refractivity contribution in [3.63, 3.8) is 0 Å². The van der Waals surface area contributed by atoms with Crippen LogP contribution >= 0.6 is 0 Å². The first-order chi connectivity index (χ1) is 7.33. The lowest BCUT2D eigenvalue weighted by Crippen LogP contribution is -2.35. The van der Waals surface area contributed by atoms with E-state index < -0.39 is 0 Å². The van der Waals surface area contributed by atoms with E-state index in [-0.39, 0.29) is 5.91 Å². The molecule has 4 heteroatoms. The molecule has 0 aromatic rings. The molecule has 0 saturated heterocycles. The van der Waals surface area contributed by atoms with Crippen LogP contribution in [0.25, 0.3) is 0 Å². The third-order valence-electron chi connectivity index (χ3n) is 2.52. The van der Waals surface area contributed by atoms with Gasteiger partial charge in [-0.15, -0.1) is 0 Å². The second-order valence-electron chi connectivity index (χ2n) is 4.12. The van der Waals surface area contributed by atoms with E-state index in [0.29, 0.717) is 6.54 Å². The molecule has 4 nitrogen and oxygen atoms in total. The molecule has 0 atom stereocenters. The number of amides is 1. The number of nitrogens with one attached hydrogen (secondary N) is 2. The van der Waals surface area contributed by atoms with Crippen LogP contribution in [-0.2, 0) is 9.53 Å². The number of unbranched alkanes of at least 4 members (excludes halogenated alkanes) is 1. The van der Waals surface area contributed by atoms with Crippen molar-refractivity contribution < 1.29 is 9.53 Å². The third kappa shape index (κ3) is 7.33. The molecule has 15 heavy (non-hydrogen) atoms. The van der Waals surface area contributed by atoms with Crippen molar-refractivity contribution in [2.45, 2.75) is 25.7 Å². The molecule has 1 amide bonds. The molecule has 1 rings (SSSR count). The third-order valence-corrected chi connectivity index (χ3v) is 2.52. The van der Waals surface area contributed by atoms with Gasteiger partial charge in [0.2, 0.25) is 5.91 Å². The molecule has 0 heterocycles. The van der Waals surface area contributed by atoms with Gasteiger partial charge in [0.05, 0.1) is 6.54 Å². The van der Waals surface area contributed by atoms with Crippen molar-refractivity contribution in [3.8, 4) is 0 Å². The van der Waals surface area contributed by atoms with Crippen molar-refractivity contribution in [1.82, 2.24) is 10.6 Å². The van der Waals surface area contributed by atoms with Crippen molar-refractivity contribution in [2.24, 2.45) is 5.92 Å². The predicted molar refractivity (Wildman–Crippen MR) is 59.7 cm³/mol. The van der Waals surface area contributed by atoms with Crippen molar-refractivity contribution in [1.29, 1.82) is 0 Å². The van der Waals surface area contributed by atoms with E-state index in [4.69, 9.17) is 4.74 Å². The Labute approximate surface area is 91.8 Å². The molecule has 88 valence electrons. The second kappa shape index (κ2) is 7.65. The van der Waals surface area contributed by atoms with Crippen LogP contribution in [0.3, 0.4) is 0 Å². The monoisotopic (exact) mass is 214 g/mol. The number of ether oxygens (including phenoxy) is 1. The van der Waals surface area contributed by atoms with E-state index in [9.17, 15) is 4.79 Å². The summed E-state index contributed by atoms with van der Waals surface area (Å²) < 4.78 is 4.93. The van der Waals surface area contributed by atoms with Gasteiger partial charge >= 0.3 is 0 Å². The molecule has 1 fully saturated rings. The largest absolute Gasteiger partial charge is 0.385 e. The van der Waals surface area contributed by atoms with Crippen molar-refractivity contribution in [3.05, 3.63) is 0 Å². The summed E-state index contributed by atoms with van der Waals surface area (Å²) in [6.07, 6.45) is 4.67. The molecular formula is C11H22N2O2. The van der Waals surface area contributed by atoms with E-state index in [0.717, 1.165) is 38.5 Å². The minimum atomic E-state index is 0.119. The maximum atomic E-state index is 11.3. The fourth-order valence-electron chi connectivity index (χ4n) is 1.34. The van der Waals surface area contributed by atoms with Gasteiger partial charge in [-0.25, -0.2) is 0 Å². The van der Waals surface area contributed by atoms with Crippen LogP contribution in [0, 0.1) is 5.92 Å². The molecule has 0 unspecified atom stereocenters.